The summed E-state index contributed by atoms with van der Waals surface area (Å²) in [6.07, 6.45) is 0. The van der Waals surface area contributed by atoms with E-state index in [4.69, 9.17) is 21.1 Å². The van der Waals surface area contributed by atoms with Gasteiger partial charge in [-0.05, 0) is 37.1 Å². The first kappa shape index (κ1) is 16.3. The molecular formula is C15H24ClNO2. The number of rotatable bonds is 8. The van der Waals surface area contributed by atoms with Gasteiger partial charge in [0.15, 0.2) is 0 Å². The van der Waals surface area contributed by atoms with E-state index < -0.39 is 0 Å². The highest BCUT2D eigenvalue weighted by Gasteiger charge is 2.05. The Morgan fingerprint density at radius 3 is 2.32 bits per heavy atom. The van der Waals surface area contributed by atoms with Gasteiger partial charge in [0.25, 0.3) is 0 Å². The largest absolute Gasteiger partial charge is 0.491 e. The Kier molecular flexibility index (Phi) is 7.21. The smallest absolute Gasteiger partial charge is 0.125 e. The Hall–Kier alpha value is -0.770. The van der Waals surface area contributed by atoms with Crippen LogP contribution in [0.1, 0.15) is 25.0 Å². The van der Waals surface area contributed by atoms with Crippen molar-refractivity contribution in [2.75, 3.05) is 26.4 Å². The number of ether oxygens (including phenoxy) is 2. The van der Waals surface area contributed by atoms with E-state index in [9.17, 15) is 0 Å². The molecule has 0 aromatic heterocycles. The fourth-order valence-corrected chi connectivity index (χ4v) is 2.18. The first-order valence-corrected chi connectivity index (χ1v) is 7.09. The minimum Gasteiger partial charge on any atom is -0.491 e. The standard InChI is InChI=1S/C15H24ClNO2/c1-11(2)17-5-6-18-7-8-19-15-12(3)9-14(16)10-13(15)4/h9-11,17H,5-8H2,1-4H3. The molecule has 0 atom stereocenters. The summed E-state index contributed by atoms with van der Waals surface area (Å²) in [5, 5.41) is 4.05. The summed E-state index contributed by atoms with van der Waals surface area (Å²) in [6, 6.07) is 4.33. The van der Waals surface area contributed by atoms with Crippen LogP contribution in [-0.2, 0) is 4.74 Å². The Labute approximate surface area is 121 Å². The fraction of sp³-hybridized carbons (Fsp3) is 0.600. The SMILES string of the molecule is Cc1cc(Cl)cc(C)c1OCCOCCNC(C)C. The zero-order valence-electron chi connectivity index (χ0n) is 12.3. The minimum absolute atomic E-state index is 0.499. The molecule has 0 amide bonds. The second-order valence-electron chi connectivity index (χ2n) is 4.94. The van der Waals surface area contributed by atoms with Crippen LogP contribution in [0.3, 0.4) is 0 Å². The quantitative estimate of drug-likeness (QED) is 0.743. The molecule has 0 heterocycles. The van der Waals surface area contributed by atoms with Crippen LogP contribution in [-0.4, -0.2) is 32.4 Å². The molecule has 4 heteroatoms. The number of halogens is 1. The summed E-state index contributed by atoms with van der Waals surface area (Å²) in [7, 11) is 0. The maximum absolute atomic E-state index is 5.98. The van der Waals surface area contributed by atoms with Crippen molar-refractivity contribution in [1.82, 2.24) is 5.32 Å². The fourth-order valence-electron chi connectivity index (χ4n) is 1.85. The topological polar surface area (TPSA) is 30.5 Å². The van der Waals surface area contributed by atoms with Gasteiger partial charge in [-0.25, -0.2) is 0 Å². The predicted molar refractivity (Wildman–Crippen MR) is 80.4 cm³/mol. The number of hydrogen-bond acceptors (Lipinski definition) is 3. The van der Waals surface area contributed by atoms with Crippen molar-refractivity contribution in [2.45, 2.75) is 33.7 Å². The third kappa shape index (κ3) is 6.28. The van der Waals surface area contributed by atoms with E-state index in [0.717, 1.165) is 28.4 Å². The van der Waals surface area contributed by atoms with Gasteiger partial charge >= 0.3 is 0 Å². The Bertz CT molecular complexity index is 371. The van der Waals surface area contributed by atoms with E-state index in [1.165, 1.54) is 0 Å². The van der Waals surface area contributed by atoms with Crippen molar-refractivity contribution in [3.8, 4) is 5.75 Å². The van der Waals surface area contributed by atoms with Crippen LogP contribution < -0.4 is 10.1 Å². The molecule has 0 saturated carbocycles. The van der Waals surface area contributed by atoms with E-state index in [1.807, 2.05) is 26.0 Å². The molecule has 0 aliphatic heterocycles. The van der Waals surface area contributed by atoms with Gasteiger partial charge in [0.05, 0.1) is 13.2 Å². The molecular weight excluding hydrogens is 262 g/mol. The summed E-state index contributed by atoms with van der Waals surface area (Å²) in [5.74, 6) is 0.910. The van der Waals surface area contributed by atoms with Gasteiger partial charge in [0, 0.05) is 17.6 Å². The van der Waals surface area contributed by atoms with Crippen LogP contribution in [0.15, 0.2) is 12.1 Å². The summed E-state index contributed by atoms with van der Waals surface area (Å²) in [4.78, 5) is 0. The van der Waals surface area contributed by atoms with Crippen molar-refractivity contribution in [3.05, 3.63) is 28.3 Å². The molecule has 0 aliphatic carbocycles. The maximum Gasteiger partial charge on any atom is 0.125 e. The predicted octanol–water partition coefficient (Wildman–Crippen LogP) is 3.35. The molecule has 19 heavy (non-hydrogen) atoms. The Morgan fingerprint density at radius 2 is 1.74 bits per heavy atom. The third-order valence-electron chi connectivity index (χ3n) is 2.70. The lowest BCUT2D eigenvalue weighted by molar-refractivity contribution is 0.100. The molecule has 108 valence electrons. The van der Waals surface area contributed by atoms with Crippen molar-refractivity contribution in [1.29, 1.82) is 0 Å². The zero-order valence-corrected chi connectivity index (χ0v) is 13.0. The number of nitrogens with one attached hydrogen (secondary N) is 1. The van der Waals surface area contributed by atoms with E-state index >= 15 is 0 Å². The van der Waals surface area contributed by atoms with Crippen molar-refractivity contribution < 1.29 is 9.47 Å². The van der Waals surface area contributed by atoms with Crippen molar-refractivity contribution in [2.24, 2.45) is 0 Å². The van der Waals surface area contributed by atoms with Crippen LogP contribution >= 0.6 is 11.6 Å². The average Bonchev–Trinajstić information content (AvgIpc) is 2.30. The molecule has 0 unspecified atom stereocenters. The van der Waals surface area contributed by atoms with Crippen LogP contribution in [0, 0.1) is 13.8 Å². The van der Waals surface area contributed by atoms with E-state index in [0.29, 0.717) is 25.9 Å². The van der Waals surface area contributed by atoms with Crippen LogP contribution in [0.2, 0.25) is 5.02 Å². The molecule has 1 rings (SSSR count). The first-order valence-electron chi connectivity index (χ1n) is 6.71. The van der Waals surface area contributed by atoms with Gasteiger partial charge in [-0.15, -0.1) is 0 Å². The molecule has 1 aromatic carbocycles. The van der Waals surface area contributed by atoms with Crippen LogP contribution in [0.5, 0.6) is 5.75 Å². The van der Waals surface area contributed by atoms with Gasteiger partial charge in [0.2, 0.25) is 0 Å². The zero-order chi connectivity index (χ0) is 14.3. The van der Waals surface area contributed by atoms with Gasteiger partial charge in [-0.2, -0.15) is 0 Å². The maximum atomic E-state index is 5.98. The minimum atomic E-state index is 0.499. The lowest BCUT2D eigenvalue weighted by Crippen LogP contribution is -2.27. The summed E-state index contributed by atoms with van der Waals surface area (Å²) in [5.41, 5.74) is 2.12. The summed E-state index contributed by atoms with van der Waals surface area (Å²) >= 11 is 5.98. The van der Waals surface area contributed by atoms with Crippen molar-refractivity contribution >= 4 is 11.6 Å². The number of hydrogen-bond donors (Lipinski definition) is 1. The molecule has 3 nitrogen and oxygen atoms in total. The van der Waals surface area contributed by atoms with E-state index in [-0.39, 0.29) is 0 Å². The second-order valence-corrected chi connectivity index (χ2v) is 5.37. The first-order chi connectivity index (χ1) is 9.00. The normalized spacial score (nSPS) is 11.1. The van der Waals surface area contributed by atoms with Gasteiger partial charge in [-0.1, -0.05) is 25.4 Å². The van der Waals surface area contributed by atoms with Gasteiger partial charge in [-0.3, -0.25) is 0 Å². The molecule has 1 aromatic rings. The number of benzene rings is 1. The highest BCUT2D eigenvalue weighted by atomic mass is 35.5. The highest BCUT2D eigenvalue weighted by molar-refractivity contribution is 6.30. The van der Waals surface area contributed by atoms with Gasteiger partial charge < -0.3 is 14.8 Å². The van der Waals surface area contributed by atoms with Gasteiger partial charge in [0.1, 0.15) is 12.4 Å². The molecule has 0 fully saturated rings. The molecule has 0 saturated heterocycles. The Balaban J connectivity index is 2.23. The van der Waals surface area contributed by atoms with Crippen molar-refractivity contribution in [3.63, 3.8) is 0 Å². The molecule has 1 N–H and O–H groups in total. The second kappa shape index (κ2) is 8.41. The Morgan fingerprint density at radius 1 is 1.11 bits per heavy atom. The molecule has 0 spiro atoms. The number of aryl methyl sites for hydroxylation is 2. The molecule has 0 aliphatic rings. The van der Waals surface area contributed by atoms with E-state index in [2.05, 4.69) is 19.2 Å². The monoisotopic (exact) mass is 285 g/mol. The van der Waals surface area contributed by atoms with Crippen LogP contribution in [0.25, 0.3) is 0 Å². The molecule has 0 radical (unpaired) electrons. The third-order valence-corrected chi connectivity index (χ3v) is 2.92. The average molecular weight is 286 g/mol. The lowest BCUT2D eigenvalue weighted by atomic mass is 10.1. The molecule has 0 bridgehead atoms. The summed E-state index contributed by atoms with van der Waals surface area (Å²) < 4.78 is 11.2. The lowest BCUT2D eigenvalue weighted by Gasteiger charge is -2.13. The van der Waals surface area contributed by atoms with E-state index in [1.54, 1.807) is 0 Å². The highest BCUT2D eigenvalue weighted by Crippen LogP contribution is 2.26. The summed E-state index contributed by atoms with van der Waals surface area (Å²) in [6.45, 7) is 11.0. The van der Waals surface area contributed by atoms with Crippen LogP contribution in [0.4, 0.5) is 0 Å².